The fourth-order valence-electron chi connectivity index (χ4n) is 1.09. The third-order valence-electron chi connectivity index (χ3n) is 1.72. The second kappa shape index (κ2) is 2.43. The molecule has 0 saturated carbocycles. The predicted octanol–water partition coefficient (Wildman–Crippen LogP) is 0.364. The summed E-state index contributed by atoms with van der Waals surface area (Å²) in [7, 11) is 0. The Morgan fingerprint density at radius 2 is 2.30 bits per heavy atom. The zero-order valence-corrected chi connectivity index (χ0v) is 5.77. The van der Waals surface area contributed by atoms with E-state index in [0.29, 0.717) is 0 Å². The number of nitrogens with one attached hydrogen (secondary N) is 1. The van der Waals surface area contributed by atoms with Crippen LogP contribution in [0.1, 0.15) is 13.3 Å². The first-order valence-electron chi connectivity index (χ1n) is 3.30. The summed E-state index contributed by atoms with van der Waals surface area (Å²) in [6.07, 6.45) is -0.932. The maximum atomic E-state index is 12.4. The van der Waals surface area contributed by atoms with E-state index in [9.17, 15) is 8.78 Å². The van der Waals surface area contributed by atoms with Crippen molar-refractivity contribution in [3.63, 3.8) is 0 Å². The summed E-state index contributed by atoms with van der Waals surface area (Å²) in [6, 6.07) is -0.435. The number of hydrogen-bond acceptors (Lipinski definition) is 2. The number of hydrogen-bond donors (Lipinski definition) is 2. The summed E-state index contributed by atoms with van der Waals surface area (Å²) in [5.41, 5.74) is 0. The molecule has 0 aliphatic carbocycles. The summed E-state index contributed by atoms with van der Waals surface area (Å²) in [5.74, 6) is -2.62. The van der Waals surface area contributed by atoms with Crippen molar-refractivity contribution in [2.45, 2.75) is 31.4 Å². The molecule has 1 rings (SSSR count). The molecule has 1 aliphatic heterocycles. The Hall–Kier alpha value is -0.220. The molecular formula is C6H11F2NO. The monoisotopic (exact) mass is 151 g/mol. The largest absolute Gasteiger partial charge is 0.392 e. The molecule has 60 valence electrons. The van der Waals surface area contributed by atoms with Crippen LogP contribution in [0.2, 0.25) is 0 Å². The lowest BCUT2D eigenvalue weighted by Crippen LogP contribution is -2.32. The van der Waals surface area contributed by atoms with Gasteiger partial charge in [-0.3, -0.25) is 0 Å². The van der Waals surface area contributed by atoms with E-state index in [0.717, 1.165) is 0 Å². The van der Waals surface area contributed by atoms with Gasteiger partial charge in [0.15, 0.2) is 0 Å². The van der Waals surface area contributed by atoms with E-state index < -0.39 is 18.1 Å². The van der Waals surface area contributed by atoms with Gasteiger partial charge in [-0.25, -0.2) is 8.78 Å². The van der Waals surface area contributed by atoms with Crippen LogP contribution in [0.5, 0.6) is 0 Å². The Balaban J connectivity index is 2.43. The molecule has 2 nitrogen and oxygen atoms in total. The normalized spacial score (nSPS) is 34.2. The second-order valence-corrected chi connectivity index (χ2v) is 2.79. The van der Waals surface area contributed by atoms with Crippen LogP contribution in [0.4, 0.5) is 8.78 Å². The molecule has 1 saturated heterocycles. The molecule has 10 heavy (non-hydrogen) atoms. The van der Waals surface area contributed by atoms with Gasteiger partial charge in [-0.2, -0.15) is 0 Å². The highest BCUT2D eigenvalue weighted by molar-refractivity contribution is 4.89. The van der Waals surface area contributed by atoms with E-state index in [4.69, 9.17) is 5.11 Å². The average molecular weight is 151 g/mol. The highest BCUT2D eigenvalue weighted by Crippen LogP contribution is 2.26. The number of alkyl halides is 2. The standard InChI is InChI=1S/C6H11F2NO/c1-4(10)5-2-6(7,8)3-9-5/h4-5,9-10H,2-3H2,1H3/t4?,5-/m1/s1. The van der Waals surface area contributed by atoms with E-state index in [1.807, 2.05) is 0 Å². The SMILES string of the molecule is CC(O)[C@H]1CC(F)(F)CN1. The molecular weight excluding hydrogens is 140 g/mol. The summed E-state index contributed by atoms with van der Waals surface area (Å²) in [6.45, 7) is 1.21. The van der Waals surface area contributed by atoms with Gasteiger partial charge in [0.2, 0.25) is 0 Å². The lowest BCUT2D eigenvalue weighted by molar-refractivity contribution is 0.0155. The van der Waals surface area contributed by atoms with E-state index in [-0.39, 0.29) is 13.0 Å². The van der Waals surface area contributed by atoms with Crippen molar-refractivity contribution < 1.29 is 13.9 Å². The molecule has 1 heterocycles. The minimum absolute atomic E-state index is 0.245. The summed E-state index contributed by atoms with van der Waals surface area (Å²) >= 11 is 0. The first-order valence-corrected chi connectivity index (χ1v) is 3.30. The minimum atomic E-state index is -2.62. The van der Waals surface area contributed by atoms with Gasteiger partial charge in [0.1, 0.15) is 0 Å². The number of aliphatic hydroxyl groups excluding tert-OH is 1. The van der Waals surface area contributed by atoms with Gasteiger partial charge in [-0.05, 0) is 6.92 Å². The second-order valence-electron chi connectivity index (χ2n) is 2.79. The van der Waals surface area contributed by atoms with Crippen molar-refractivity contribution in [1.82, 2.24) is 5.32 Å². The van der Waals surface area contributed by atoms with Gasteiger partial charge < -0.3 is 10.4 Å². The van der Waals surface area contributed by atoms with Crippen LogP contribution < -0.4 is 5.32 Å². The van der Waals surface area contributed by atoms with Gasteiger partial charge in [-0.15, -0.1) is 0 Å². The zero-order valence-electron chi connectivity index (χ0n) is 5.77. The molecule has 4 heteroatoms. The lowest BCUT2D eigenvalue weighted by Gasteiger charge is -2.12. The Morgan fingerprint density at radius 3 is 2.50 bits per heavy atom. The van der Waals surface area contributed by atoms with Crippen molar-refractivity contribution in [2.24, 2.45) is 0 Å². The van der Waals surface area contributed by atoms with Crippen LogP contribution >= 0.6 is 0 Å². The van der Waals surface area contributed by atoms with Gasteiger partial charge >= 0.3 is 0 Å². The molecule has 0 aromatic carbocycles. The first-order chi connectivity index (χ1) is 4.51. The number of halogens is 2. The maximum absolute atomic E-state index is 12.4. The summed E-state index contributed by atoms with van der Waals surface area (Å²) in [4.78, 5) is 0. The minimum Gasteiger partial charge on any atom is -0.392 e. The number of rotatable bonds is 1. The quantitative estimate of drug-likeness (QED) is 0.567. The molecule has 0 spiro atoms. The molecule has 0 radical (unpaired) electrons. The number of aliphatic hydroxyl groups is 1. The van der Waals surface area contributed by atoms with E-state index in [2.05, 4.69) is 5.32 Å². The average Bonchev–Trinajstić information content (AvgIpc) is 2.10. The van der Waals surface area contributed by atoms with Crippen molar-refractivity contribution >= 4 is 0 Å². The third-order valence-corrected chi connectivity index (χ3v) is 1.72. The zero-order chi connectivity index (χ0) is 7.78. The van der Waals surface area contributed by atoms with Crippen LogP contribution in [-0.2, 0) is 0 Å². The van der Waals surface area contributed by atoms with Crippen molar-refractivity contribution in [3.05, 3.63) is 0 Å². The van der Waals surface area contributed by atoms with Crippen LogP contribution in [-0.4, -0.2) is 29.7 Å². The van der Waals surface area contributed by atoms with Gasteiger partial charge in [0, 0.05) is 12.5 Å². The highest BCUT2D eigenvalue weighted by Gasteiger charge is 2.40. The summed E-state index contributed by atoms with van der Waals surface area (Å²) in [5, 5.41) is 11.4. The smallest absolute Gasteiger partial charge is 0.261 e. The van der Waals surface area contributed by atoms with E-state index in [1.54, 1.807) is 0 Å². The molecule has 0 aromatic rings. The molecule has 1 aliphatic rings. The Bertz CT molecular complexity index is 127. The molecule has 2 N–H and O–H groups in total. The fraction of sp³-hybridized carbons (Fsp3) is 1.00. The van der Waals surface area contributed by atoms with Gasteiger partial charge in [0.05, 0.1) is 12.6 Å². The van der Waals surface area contributed by atoms with Crippen molar-refractivity contribution in [2.75, 3.05) is 6.54 Å². The maximum Gasteiger partial charge on any atom is 0.261 e. The van der Waals surface area contributed by atoms with Crippen molar-refractivity contribution in [1.29, 1.82) is 0 Å². The van der Waals surface area contributed by atoms with E-state index in [1.165, 1.54) is 6.92 Å². The first kappa shape index (κ1) is 7.88. The van der Waals surface area contributed by atoms with Gasteiger partial charge in [-0.1, -0.05) is 0 Å². The Morgan fingerprint density at radius 1 is 1.70 bits per heavy atom. The van der Waals surface area contributed by atoms with Crippen LogP contribution in [0, 0.1) is 0 Å². The third kappa shape index (κ3) is 1.64. The van der Waals surface area contributed by atoms with Crippen LogP contribution in [0.25, 0.3) is 0 Å². The Labute approximate surface area is 58.2 Å². The van der Waals surface area contributed by atoms with Crippen LogP contribution in [0.15, 0.2) is 0 Å². The van der Waals surface area contributed by atoms with Gasteiger partial charge in [0.25, 0.3) is 5.92 Å². The summed E-state index contributed by atoms with van der Waals surface area (Å²) < 4.78 is 24.8. The molecule has 1 fully saturated rings. The molecule has 2 atom stereocenters. The highest BCUT2D eigenvalue weighted by atomic mass is 19.3. The molecule has 0 aromatic heterocycles. The molecule has 1 unspecified atom stereocenters. The fourth-order valence-corrected chi connectivity index (χ4v) is 1.09. The predicted molar refractivity (Wildman–Crippen MR) is 33.0 cm³/mol. The molecule has 0 bridgehead atoms. The molecule has 0 amide bonds. The van der Waals surface area contributed by atoms with E-state index >= 15 is 0 Å². The lowest BCUT2D eigenvalue weighted by atomic mass is 10.1. The van der Waals surface area contributed by atoms with Crippen LogP contribution in [0.3, 0.4) is 0 Å². The van der Waals surface area contributed by atoms with Crippen molar-refractivity contribution in [3.8, 4) is 0 Å². The topological polar surface area (TPSA) is 32.3 Å². The Kier molecular flexibility index (Phi) is 1.92.